The molecule has 12 heteroatoms. The first-order valence-electron chi connectivity index (χ1n) is 10.2. The van der Waals surface area contributed by atoms with Gasteiger partial charge in [0.25, 0.3) is 17.3 Å². The normalized spacial score (nSPS) is 10.9. The van der Waals surface area contributed by atoms with Gasteiger partial charge >= 0.3 is 0 Å². The van der Waals surface area contributed by atoms with Gasteiger partial charge in [0, 0.05) is 42.9 Å². The van der Waals surface area contributed by atoms with Gasteiger partial charge < -0.3 is 9.32 Å². The number of hydrazone groups is 1. The highest BCUT2D eigenvalue weighted by Crippen LogP contribution is 2.41. The van der Waals surface area contributed by atoms with Crippen LogP contribution in [0, 0.1) is 20.2 Å². The van der Waals surface area contributed by atoms with E-state index in [0.717, 1.165) is 0 Å². The van der Waals surface area contributed by atoms with Crippen LogP contribution in [0.15, 0.2) is 73.9 Å². The molecular weight excluding hydrogens is 462 g/mol. The molecule has 0 saturated heterocycles. The Bertz CT molecular complexity index is 1220. The molecule has 11 nitrogen and oxygen atoms in total. The molecule has 3 rings (SSSR count). The highest BCUT2D eigenvalue weighted by molar-refractivity contribution is 7.99. The maximum Gasteiger partial charge on any atom is 0.283 e. The molecule has 0 fully saturated rings. The fourth-order valence-corrected chi connectivity index (χ4v) is 4.08. The molecule has 1 aromatic heterocycles. The number of nitro benzene ring substituents is 2. The molecule has 0 aliphatic rings. The smallest absolute Gasteiger partial charge is 0.283 e. The third kappa shape index (κ3) is 5.78. The summed E-state index contributed by atoms with van der Waals surface area (Å²) in [6, 6.07) is 13.2. The molecular formula is C22H21N5O6S. The maximum absolute atomic E-state index is 12.2. The third-order valence-electron chi connectivity index (χ3n) is 4.73. The van der Waals surface area contributed by atoms with Crippen molar-refractivity contribution in [1.29, 1.82) is 0 Å². The lowest BCUT2D eigenvalue weighted by Gasteiger charge is -2.18. The number of carbonyl (C=O) groups is 1. The van der Waals surface area contributed by atoms with Crippen LogP contribution < -0.4 is 10.3 Å². The van der Waals surface area contributed by atoms with E-state index in [1.165, 1.54) is 48.3 Å². The number of para-hydroxylation sites is 1. The number of rotatable bonds is 10. The number of benzene rings is 2. The third-order valence-corrected chi connectivity index (χ3v) is 5.81. The molecule has 1 heterocycles. The van der Waals surface area contributed by atoms with E-state index >= 15 is 0 Å². The number of anilines is 1. The predicted molar refractivity (Wildman–Crippen MR) is 128 cm³/mol. The highest BCUT2D eigenvalue weighted by atomic mass is 32.2. The molecule has 0 spiro atoms. The van der Waals surface area contributed by atoms with Crippen LogP contribution in [0.3, 0.4) is 0 Å². The van der Waals surface area contributed by atoms with Crippen molar-refractivity contribution in [3.63, 3.8) is 0 Å². The van der Waals surface area contributed by atoms with Gasteiger partial charge in [-0.05, 0) is 32.0 Å². The largest absolute Gasteiger partial charge is 0.438 e. The summed E-state index contributed by atoms with van der Waals surface area (Å²) in [4.78, 5) is 36.5. The van der Waals surface area contributed by atoms with E-state index in [9.17, 15) is 25.0 Å². The van der Waals surface area contributed by atoms with Crippen LogP contribution in [0.1, 0.15) is 30.0 Å². The summed E-state index contributed by atoms with van der Waals surface area (Å²) in [5.41, 5.74) is 2.42. The van der Waals surface area contributed by atoms with E-state index in [1.807, 2.05) is 18.7 Å². The van der Waals surface area contributed by atoms with E-state index in [-0.39, 0.29) is 16.9 Å². The Morgan fingerprint density at radius 2 is 1.74 bits per heavy atom. The number of furan rings is 1. The first kappa shape index (κ1) is 24.5. The lowest BCUT2D eigenvalue weighted by molar-refractivity contribution is -0.387. The lowest BCUT2D eigenvalue weighted by Crippen LogP contribution is -2.21. The van der Waals surface area contributed by atoms with Crippen LogP contribution in [0.4, 0.5) is 17.3 Å². The van der Waals surface area contributed by atoms with Gasteiger partial charge in [-0.15, -0.1) is 0 Å². The van der Waals surface area contributed by atoms with Crippen molar-refractivity contribution < 1.29 is 19.1 Å². The molecule has 2 aromatic carbocycles. The average molecular weight is 484 g/mol. The lowest BCUT2D eigenvalue weighted by atomic mass is 10.2. The summed E-state index contributed by atoms with van der Waals surface area (Å²) >= 11 is 1.21. The first-order chi connectivity index (χ1) is 16.3. The van der Waals surface area contributed by atoms with Crippen LogP contribution in [0.5, 0.6) is 0 Å². The Balaban J connectivity index is 1.81. The molecule has 0 radical (unpaired) electrons. The zero-order valence-electron chi connectivity index (χ0n) is 18.3. The van der Waals surface area contributed by atoms with E-state index in [4.69, 9.17) is 4.42 Å². The number of hydrogen-bond acceptors (Lipinski definition) is 9. The number of nitro groups is 2. The molecule has 0 bridgehead atoms. The fraction of sp³-hybridized carbons (Fsp3) is 0.182. The van der Waals surface area contributed by atoms with E-state index in [0.29, 0.717) is 34.5 Å². The quantitative estimate of drug-likeness (QED) is 0.245. The summed E-state index contributed by atoms with van der Waals surface area (Å²) in [5, 5.41) is 26.0. The fourth-order valence-electron chi connectivity index (χ4n) is 3.02. The Kier molecular flexibility index (Phi) is 7.98. The number of nitrogens with one attached hydrogen (secondary N) is 1. The van der Waals surface area contributed by atoms with Crippen LogP contribution in [-0.2, 0) is 0 Å². The van der Waals surface area contributed by atoms with Crippen molar-refractivity contribution in [2.24, 2.45) is 5.10 Å². The zero-order valence-corrected chi connectivity index (χ0v) is 19.2. The Morgan fingerprint density at radius 3 is 2.35 bits per heavy atom. The Hall–Kier alpha value is -4.19. The first-order valence-corrected chi connectivity index (χ1v) is 11.0. The predicted octanol–water partition coefficient (Wildman–Crippen LogP) is 4.86. The number of carbonyl (C=O) groups excluding carboxylic acids is 1. The second kappa shape index (κ2) is 11.1. The van der Waals surface area contributed by atoms with Crippen LogP contribution in [0.25, 0.3) is 0 Å². The van der Waals surface area contributed by atoms with Crippen molar-refractivity contribution >= 4 is 41.1 Å². The molecule has 0 atom stereocenters. The molecule has 1 amide bonds. The summed E-state index contributed by atoms with van der Waals surface area (Å²) in [5.74, 6) is 0.333. The summed E-state index contributed by atoms with van der Waals surface area (Å²) in [7, 11) is 0. The van der Waals surface area contributed by atoms with Crippen molar-refractivity contribution in [2.75, 3.05) is 18.0 Å². The molecule has 3 aromatic rings. The summed E-state index contributed by atoms with van der Waals surface area (Å²) in [6.07, 6.45) is 1.32. The van der Waals surface area contributed by atoms with Gasteiger partial charge in [-0.1, -0.05) is 23.9 Å². The molecule has 1 N–H and O–H groups in total. The minimum atomic E-state index is -0.552. The van der Waals surface area contributed by atoms with Gasteiger partial charge in [0.1, 0.15) is 0 Å². The maximum atomic E-state index is 12.2. The molecule has 0 aliphatic carbocycles. The van der Waals surface area contributed by atoms with Crippen molar-refractivity contribution in [3.05, 3.63) is 86.1 Å². The van der Waals surface area contributed by atoms with Crippen LogP contribution in [-0.4, -0.2) is 35.1 Å². The van der Waals surface area contributed by atoms with Crippen molar-refractivity contribution in [1.82, 2.24) is 5.43 Å². The molecule has 34 heavy (non-hydrogen) atoms. The molecule has 0 unspecified atom stereocenters. The van der Waals surface area contributed by atoms with Crippen molar-refractivity contribution in [2.45, 2.75) is 23.6 Å². The highest BCUT2D eigenvalue weighted by Gasteiger charge is 2.21. The van der Waals surface area contributed by atoms with E-state index in [1.54, 1.807) is 24.3 Å². The molecule has 0 saturated carbocycles. The number of non-ortho nitro benzene ring substituents is 1. The SMILES string of the molecule is CCN(CC)c1oc(C=NNC(=O)c2ccc([N+](=O)[O-])cc2)cc1Sc1ccccc1[N+](=O)[O-]. The minimum absolute atomic E-state index is 0.00947. The number of hydrogen-bond donors (Lipinski definition) is 1. The zero-order chi connectivity index (χ0) is 24.7. The van der Waals surface area contributed by atoms with Gasteiger partial charge in [-0.2, -0.15) is 5.10 Å². The van der Waals surface area contributed by atoms with E-state index < -0.39 is 15.8 Å². The van der Waals surface area contributed by atoms with Crippen molar-refractivity contribution in [3.8, 4) is 0 Å². The van der Waals surface area contributed by atoms with Gasteiger partial charge in [-0.25, -0.2) is 5.43 Å². The van der Waals surface area contributed by atoms with Gasteiger partial charge in [0.2, 0.25) is 5.88 Å². The number of nitrogens with zero attached hydrogens (tertiary/aromatic N) is 4. The standard InChI is InChI=1S/C22H21N5O6S/c1-3-25(4-2)22-20(34-19-8-6-5-7-18(19)27(31)32)13-17(33-22)14-23-24-21(28)15-9-11-16(12-10-15)26(29)30/h5-14H,3-4H2,1-2H3,(H,24,28). The second-order valence-electron chi connectivity index (χ2n) is 6.82. The second-order valence-corrected chi connectivity index (χ2v) is 7.90. The molecule has 176 valence electrons. The van der Waals surface area contributed by atoms with Gasteiger partial charge in [0.15, 0.2) is 5.76 Å². The molecule has 0 aliphatic heterocycles. The van der Waals surface area contributed by atoms with E-state index in [2.05, 4.69) is 10.5 Å². The summed E-state index contributed by atoms with van der Waals surface area (Å²) < 4.78 is 5.92. The Morgan fingerprint density at radius 1 is 1.06 bits per heavy atom. The van der Waals surface area contributed by atoms with Crippen LogP contribution >= 0.6 is 11.8 Å². The van der Waals surface area contributed by atoms with Gasteiger partial charge in [0.05, 0.1) is 25.9 Å². The monoisotopic (exact) mass is 483 g/mol. The van der Waals surface area contributed by atoms with Crippen LogP contribution in [0.2, 0.25) is 0 Å². The van der Waals surface area contributed by atoms with Gasteiger partial charge in [-0.3, -0.25) is 25.0 Å². The average Bonchev–Trinajstić information content (AvgIpc) is 3.22. The summed E-state index contributed by atoms with van der Waals surface area (Å²) in [6.45, 7) is 5.23. The number of amides is 1. The topological polar surface area (TPSA) is 144 Å². The minimum Gasteiger partial charge on any atom is -0.438 e. The Labute approximate surface area is 198 Å².